The van der Waals surface area contributed by atoms with Gasteiger partial charge in [0, 0.05) is 12.1 Å². The van der Waals surface area contributed by atoms with Crippen molar-refractivity contribution in [3.63, 3.8) is 0 Å². The normalized spacial score (nSPS) is 12.2. The number of Topliss-reactive ketones (excluding diaryl/α,β-unsaturated/α-hetero) is 1. The van der Waals surface area contributed by atoms with E-state index < -0.39 is 0 Å². The molecule has 24 heavy (non-hydrogen) atoms. The first kappa shape index (κ1) is 16.7. The molecular weight excluding hydrogens is 340 g/mol. The maximum atomic E-state index is 12.6. The minimum Gasteiger partial charge on any atom is -0.293 e. The van der Waals surface area contributed by atoms with Crippen molar-refractivity contribution in [2.75, 3.05) is 0 Å². The summed E-state index contributed by atoms with van der Waals surface area (Å²) in [5.74, 6) is 0.0197. The zero-order chi connectivity index (χ0) is 17.1. The summed E-state index contributed by atoms with van der Waals surface area (Å²) in [4.78, 5) is 30.4. The van der Waals surface area contributed by atoms with Gasteiger partial charge in [-0.2, -0.15) is 0 Å². The number of fused-ring (bicyclic) bond motifs is 1. The molecule has 1 unspecified atom stereocenters. The van der Waals surface area contributed by atoms with Gasteiger partial charge in [0.25, 0.3) is 5.56 Å². The van der Waals surface area contributed by atoms with E-state index in [1.54, 1.807) is 28.8 Å². The van der Waals surface area contributed by atoms with E-state index in [1.165, 1.54) is 23.1 Å². The molecule has 2 heterocycles. The molecule has 2 aromatic heterocycles. The Bertz CT molecular complexity index is 945. The van der Waals surface area contributed by atoms with Gasteiger partial charge in [-0.3, -0.25) is 14.2 Å². The van der Waals surface area contributed by atoms with Gasteiger partial charge in [0.2, 0.25) is 0 Å². The minimum absolute atomic E-state index is 0.0197. The first-order chi connectivity index (χ1) is 11.6. The summed E-state index contributed by atoms with van der Waals surface area (Å²) in [6.45, 7) is 5.91. The monoisotopic (exact) mass is 356 g/mol. The third kappa shape index (κ3) is 3.20. The lowest BCUT2D eigenvalue weighted by Crippen LogP contribution is -2.24. The molecule has 1 atom stereocenters. The fourth-order valence-electron chi connectivity index (χ4n) is 2.36. The van der Waals surface area contributed by atoms with E-state index in [1.807, 2.05) is 30.5 Å². The van der Waals surface area contributed by atoms with Crippen molar-refractivity contribution in [3.8, 4) is 0 Å². The lowest BCUT2D eigenvalue weighted by atomic mass is 10.1. The molecule has 0 saturated carbocycles. The lowest BCUT2D eigenvalue weighted by Gasteiger charge is -2.14. The number of hydrogen-bond acceptors (Lipinski definition) is 5. The molecule has 0 aliphatic rings. The molecule has 0 N–H and O–H groups in total. The largest absolute Gasteiger partial charge is 0.293 e. The number of nitrogens with zero attached hydrogens (tertiary/aromatic N) is 2. The number of carbonyl (C=O) groups is 1. The van der Waals surface area contributed by atoms with Crippen LogP contribution in [0, 0.1) is 0 Å². The highest BCUT2D eigenvalue weighted by molar-refractivity contribution is 8.00. The highest BCUT2D eigenvalue weighted by Crippen LogP contribution is 2.26. The van der Waals surface area contributed by atoms with Crippen molar-refractivity contribution in [1.29, 1.82) is 0 Å². The van der Waals surface area contributed by atoms with E-state index in [0.29, 0.717) is 27.5 Å². The topological polar surface area (TPSA) is 52.0 Å². The predicted octanol–water partition coefficient (Wildman–Crippen LogP) is 4.01. The molecule has 3 aromatic rings. The van der Waals surface area contributed by atoms with Crippen LogP contribution in [0.3, 0.4) is 0 Å². The van der Waals surface area contributed by atoms with Crippen LogP contribution in [0.1, 0.15) is 17.3 Å². The van der Waals surface area contributed by atoms with Crippen molar-refractivity contribution in [2.24, 2.45) is 0 Å². The van der Waals surface area contributed by atoms with E-state index in [2.05, 4.69) is 11.6 Å². The molecule has 3 rings (SSSR count). The number of thioether (sulfide) groups is 1. The molecule has 122 valence electrons. The second-order valence-corrected chi connectivity index (χ2v) is 7.43. The van der Waals surface area contributed by atoms with Gasteiger partial charge in [-0.25, -0.2) is 4.98 Å². The van der Waals surface area contributed by atoms with Crippen LogP contribution in [0.25, 0.3) is 10.2 Å². The maximum absolute atomic E-state index is 12.6. The number of rotatable bonds is 6. The van der Waals surface area contributed by atoms with Crippen LogP contribution in [0.5, 0.6) is 0 Å². The molecule has 4 nitrogen and oxygen atoms in total. The quantitative estimate of drug-likeness (QED) is 0.290. The maximum Gasteiger partial charge on any atom is 0.263 e. The second kappa shape index (κ2) is 7.15. The van der Waals surface area contributed by atoms with E-state index in [0.717, 1.165) is 0 Å². The van der Waals surface area contributed by atoms with Gasteiger partial charge >= 0.3 is 0 Å². The van der Waals surface area contributed by atoms with Crippen LogP contribution in [-0.4, -0.2) is 20.6 Å². The van der Waals surface area contributed by atoms with Crippen LogP contribution < -0.4 is 5.56 Å². The Balaban J connectivity index is 1.96. The number of aromatic nitrogens is 2. The van der Waals surface area contributed by atoms with Gasteiger partial charge in [0.15, 0.2) is 10.9 Å². The molecule has 0 amide bonds. The van der Waals surface area contributed by atoms with Gasteiger partial charge < -0.3 is 0 Å². The molecule has 6 heteroatoms. The zero-order valence-electron chi connectivity index (χ0n) is 13.1. The summed E-state index contributed by atoms with van der Waals surface area (Å²) >= 11 is 2.73. The van der Waals surface area contributed by atoms with Crippen molar-refractivity contribution in [2.45, 2.75) is 23.9 Å². The van der Waals surface area contributed by atoms with Gasteiger partial charge in [-0.1, -0.05) is 48.2 Å². The molecule has 0 spiro atoms. The summed E-state index contributed by atoms with van der Waals surface area (Å²) in [6, 6.07) is 10.9. The number of allylic oxidation sites excluding steroid dienone is 1. The fraction of sp³-hybridized carbons (Fsp3) is 0.167. The molecule has 0 aliphatic heterocycles. The second-order valence-electron chi connectivity index (χ2n) is 5.23. The standard InChI is InChI=1S/C18H16N2O2S2/c1-3-10-20-17(22)14-9-11-23-16(14)19-18(20)24-12(2)15(21)13-7-5-4-6-8-13/h3-9,11-12H,1,10H2,2H3. The van der Waals surface area contributed by atoms with Crippen LogP contribution in [-0.2, 0) is 6.54 Å². The number of hydrogen-bond donors (Lipinski definition) is 0. The summed E-state index contributed by atoms with van der Waals surface area (Å²) in [5.41, 5.74) is 0.565. The molecule has 0 aliphatic carbocycles. The van der Waals surface area contributed by atoms with Crippen LogP contribution in [0.2, 0.25) is 0 Å². The highest BCUT2D eigenvalue weighted by Gasteiger charge is 2.20. The van der Waals surface area contributed by atoms with Gasteiger partial charge in [0.1, 0.15) is 4.83 Å². The Labute approximate surface area is 147 Å². The number of carbonyl (C=O) groups excluding carboxylic acids is 1. The number of thiophene rings is 1. The van der Waals surface area contributed by atoms with E-state index in [4.69, 9.17) is 0 Å². The Morgan fingerprint density at radius 1 is 1.38 bits per heavy atom. The molecule has 0 radical (unpaired) electrons. The molecule has 0 fully saturated rings. The Hall–Kier alpha value is -2.18. The van der Waals surface area contributed by atoms with Gasteiger partial charge in [-0.15, -0.1) is 17.9 Å². The van der Waals surface area contributed by atoms with Gasteiger partial charge in [-0.05, 0) is 18.4 Å². The van der Waals surface area contributed by atoms with Crippen LogP contribution in [0.4, 0.5) is 0 Å². The minimum atomic E-state index is -0.340. The zero-order valence-corrected chi connectivity index (χ0v) is 14.8. The fourth-order valence-corrected chi connectivity index (χ4v) is 4.16. The average Bonchev–Trinajstić information content (AvgIpc) is 3.07. The molecule has 0 saturated heterocycles. The summed E-state index contributed by atoms with van der Waals surface area (Å²) in [7, 11) is 0. The molecule has 1 aromatic carbocycles. The molecule has 0 bridgehead atoms. The number of ketones is 1. The Morgan fingerprint density at radius 2 is 2.12 bits per heavy atom. The third-order valence-electron chi connectivity index (χ3n) is 3.57. The number of benzene rings is 1. The van der Waals surface area contributed by atoms with Crippen molar-refractivity contribution in [3.05, 3.63) is 70.4 Å². The van der Waals surface area contributed by atoms with Crippen molar-refractivity contribution in [1.82, 2.24) is 9.55 Å². The van der Waals surface area contributed by atoms with E-state index in [-0.39, 0.29) is 16.6 Å². The van der Waals surface area contributed by atoms with E-state index in [9.17, 15) is 9.59 Å². The third-order valence-corrected chi connectivity index (χ3v) is 5.47. The Kier molecular flexibility index (Phi) is 4.97. The van der Waals surface area contributed by atoms with Crippen molar-refractivity contribution >= 4 is 39.1 Å². The lowest BCUT2D eigenvalue weighted by molar-refractivity contribution is 0.0994. The van der Waals surface area contributed by atoms with E-state index >= 15 is 0 Å². The summed E-state index contributed by atoms with van der Waals surface area (Å²) < 4.78 is 1.57. The van der Waals surface area contributed by atoms with Crippen LogP contribution >= 0.6 is 23.1 Å². The predicted molar refractivity (Wildman–Crippen MR) is 100 cm³/mol. The first-order valence-electron chi connectivity index (χ1n) is 7.46. The van der Waals surface area contributed by atoms with Crippen molar-refractivity contribution < 1.29 is 4.79 Å². The van der Waals surface area contributed by atoms with Gasteiger partial charge in [0.05, 0.1) is 10.6 Å². The first-order valence-corrected chi connectivity index (χ1v) is 9.22. The Morgan fingerprint density at radius 3 is 2.83 bits per heavy atom. The van der Waals surface area contributed by atoms with Crippen LogP contribution in [0.15, 0.2) is 64.4 Å². The highest BCUT2D eigenvalue weighted by atomic mass is 32.2. The summed E-state index contributed by atoms with van der Waals surface area (Å²) in [5, 5.41) is 2.66. The SMILES string of the molecule is C=CCn1c(SC(C)C(=O)c2ccccc2)nc2sccc2c1=O. The average molecular weight is 356 g/mol. The molecular formula is C18H16N2O2S2. The summed E-state index contributed by atoms with van der Waals surface area (Å²) in [6.07, 6.45) is 1.66. The smallest absolute Gasteiger partial charge is 0.263 e.